The Kier molecular flexibility index (Phi) is 4.13. The van der Waals surface area contributed by atoms with Gasteiger partial charge in [0.05, 0.1) is 0 Å². The quantitative estimate of drug-likeness (QED) is 0.911. The van der Waals surface area contributed by atoms with Crippen molar-refractivity contribution in [2.75, 3.05) is 6.54 Å². The first-order valence-electron chi connectivity index (χ1n) is 7.73. The molecule has 0 aliphatic carbocycles. The Balaban J connectivity index is 1.64. The number of aryl methyl sites for hydroxylation is 1. The van der Waals surface area contributed by atoms with Crippen LogP contribution in [0.15, 0.2) is 30.5 Å². The molecular formula is C17H20N2O3. The number of carboxylic acids is 1. The average Bonchev–Trinajstić information content (AvgIpc) is 3.00. The van der Waals surface area contributed by atoms with Crippen LogP contribution in [0.4, 0.5) is 0 Å². The monoisotopic (exact) mass is 300 g/mol. The second kappa shape index (κ2) is 6.22. The molecule has 1 atom stereocenters. The molecule has 1 unspecified atom stereocenters. The molecule has 1 fully saturated rings. The van der Waals surface area contributed by atoms with Crippen LogP contribution in [0.1, 0.15) is 31.2 Å². The number of nitrogens with zero attached hydrogens (tertiary/aromatic N) is 1. The van der Waals surface area contributed by atoms with Crippen LogP contribution in [0.25, 0.3) is 10.9 Å². The summed E-state index contributed by atoms with van der Waals surface area (Å²) in [5, 5.41) is 10.4. The minimum atomic E-state index is -0.887. The Labute approximate surface area is 128 Å². The highest BCUT2D eigenvalue weighted by Gasteiger charge is 2.31. The van der Waals surface area contributed by atoms with Gasteiger partial charge in [0, 0.05) is 24.7 Å². The van der Waals surface area contributed by atoms with Crippen LogP contribution in [-0.4, -0.2) is 39.5 Å². The Bertz CT molecular complexity index is 692. The third-order valence-corrected chi connectivity index (χ3v) is 4.35. The van der Waals surface area contributed by atoms with Crippen LogP contribution in [0.5, 0.6) is 0 Å². The fourth-order valence-electron chi connectivity index (χ4n) is 3.14. The summed E-state index contributed by atoms with van der Waals surface area (Å²) < 4.78 is 0. The topological polar surface area (TPSA) is 73.4 Å². The van der Waals surface area contributed by atoms with Gasteiger partial charge in [-0.1, -0.05) is 6.07 Å². The van der Waals surface area contributed by atoms with Crippen molar-refractivity contribution in [3.8, 4) is 0 Å². The molecule has 0 saturated carbocycles. The second-order valence-electron chi connectivity index (χ2n) is 5.84. The molecule has 116 valence electrons. The summed E-state index contributed by atoms with van der Waals surface area (Å²) in [5.41, 5.74) is 2.18. The number of fused-ring (bicyclic) bond motifs is 1. The maximum Gasteiger partial charge on any atom is 0.326 e. The van der Waals surface area contributed by atoms with E-state index in [4.69, 9.17) is 0 Å². The van der Waals surface area contributed by atoms with Gasteiger partial charge in [-0.25, -0.2) is 4.79 Å². The van der Waals surface area contributed by atoms with Gasteiger partial charge in [-0.2, -0.15) is 0 Å². The molecule has 2 heterocycles. The highest BCUT2D eigenvalue weighted by Crippen LogP contribution is 2.20. The zero-order valence-electron chi connectivity index (χ0n) is 12.4. The van der Waals surface area contributed by atoms with Crippen molar-refractivity contribution >= 4 is 22.8 Å². The van der Waals surface area contributed by atoms with E-state index in [0.717, 1.165) is 29.3 Å². The van der Waals surface area contributed by atoms with Gasteiger partial charge in [-0.05, 0) is 54.8 Å². The van der Waals surface area contributed by atoms with Gasteiger partial charge in [0.15, 0.2) is 0 Å². The maximum absolute atomic E-state index is 12.4. The van der Waals surface area contributed by atoms with Crippen LogP contribution in [0.3, 0.4) is 0 Å². The van der Waals surface area contributed by atoms with Crippen molar-refractivity contribution in [3.63, 3.8) is 0 Å². The van der Waals surface area contributed by atoms with Gasteiger partial charge >= 0.3 is 5.97 Å². The number of carbonyl (C=O) groups excluding carboxylic acids is 1. The number of benzene rings is 1. The molecule has 22 heavy (non-hydrogen) atoms. The molecule has 1 aromatic carbocycles. The number of carbonyl (C=O) groups is 2. The number of aliphatic carboxylic acids is 1. The second-order valence-corrected chi connectivity index (χ2v) is 5.84. The van der Waals surface area contributed by atoms with Crippen LogP contribution >= 0.6 is 0 Å². The lowest BCUT2D eigenvalue weighted by molar-refractivity contribution is -0.152. The molecule has 1 aliphatic heterocycles. The Morgan fingerprint density at radius 2 is 2.14 bits per heavy atom. The normalized spacial score (nSPS) is 18.5. The minimum absolute atomic E-state index is 0.0544. The zero-order chi connectivity index (χ0) is 15.5. The summed E-state index contributed by atoms with van der Waals surface area (Å²) in [6, 6.07) is 7.46. The number of hydrogen-bond donors (Lipinski definition) is 2. The molecule has 1 aliphatic rings. The predicted molar refractivity (Wildman–Crippen MR) is 83.6 cm³/mol. The lowest BCUT2D eigenvalue weighted by Gasteiger charge is -2.33. The first-order valence-corrected chi connectivity index (χ1v) is 7.73. The first kappa shape index (κ1) is 14.6. The predicted octanol–water partition coefficient (Wildman–Crippen LogP) is 2.57. The highest BCUT2D eigenvalue weighted by atomic mass is 16.4. The van der Waals surface area contributed by atoms with E-state index in [1.54, 1.807) is 4.90 Å². The molecule has 3 rings (SSSR count). The summed E-state index contributed by atoms with van der Waals surface area (Å²) in [5.74, 6) is -0.942. The summed E-state index contributed by atoms with van der Waals surface area (Å²) in [6.45, 7) is 0.562. The van der Waals surface area contributed by atoms with Crippen molar-refractivity contribution < 1.29 is 14.7 Å². The highest BCUT2D eigenvalue weighted by molar-refractivity contribution is 5.84. The lowest BCUT2D eigenvalue weighted by atomic mass is 10.0. The van der Waals surface area contributed by atoms with Crippen molar-refractivity contribution in [1.82, 2.24) is 9.88 Å². The van der Waals surface area contributed by atoms with Crippen LogP contribution in [-0.2, 0) is 16.0 Å². The number of H-pyrrole nitrogens is 1. The van der Waals surface area contributed by atoms with Crippen LogP contribution in [0, 0.1) is 0 Å². The summed E-state index contributed by atoms with van der Waals surface area (Å²) in [4.78, 5) is 28.3. The third-order valence-electron chi connectivity index (χ3n) is 4.35. The number of nitrogens with one attached hydrogen (secondary N) is 1. The fourth-order valence-corrected chi connectivity index (χ4v) is 3.14. The summed E-state index contributed by atoms with van der Waals surface area (Å²) >= 11 is 0. The molecule has 2 N–H and O–H groups in total. The van der Waals surface area contributed by atoms with E-state index >= 15 is 0 Å². The van der Waals surface area contributed by atoms with Gasteiger partial charge in [0.2, 0.25) is 5.91 Å². The first-order chi connectivity index (χ1) is 10.6. The number of likely N-dealkylation sites (tertiary alicyclic amines) is 1. The number of carboxylic acid groups (broad SMARTS) is 1. The van der Waals surface area contributed by atoms with E-state index in [0.29, 0.717) is 25.8 Å². The third kappa shape index (κ3) is 2.98. The van der Waals surface area contributed by atoms with Gasteiger partial charge in [0.1, 0.15) is 6.04 Å². The fraction of sp³-hybridized carbons (Fsp3) is 0.412. The van der Waals surface area contributed by atoms with Gasteiger partial charge in [0.25, 0.3) is 0 Å². The Morgan fingerprint density at radius 1 is 1.27 bits per heavy atom. The molecule has 2 aromatic rings. The number of aromatic amines is 1. The largest absolute Gasteiger partial charge is 0.480 e. The maximum atomic E-state index is 12.4. The number of rotatable bonds is 4. The summed E-state index contributed by atoms with van der Waals surface area (Å²) in [7, 11) is 0. The van der Waals surface area contributed by atoms with E-state index in [1.165, 1.54) is 0 Å². The average molecular weight is 300 g/mol. The van der Waals surface area contributed by atoms with Crippen molar-refractivity contribution in [3.05, 3.63) is 36.0 Å². The van der Waals surface area contributed by atoms with E-state index in [9.17, 15) is 14.7 Å². The minimum Gasteiger partial charge on any atom is -0.480 e. The van der Waals surface area contributed by atoms with Gasteiger partial charge in [-0.3, -0.25) is 4.79 Å². The van der Waals surface area contributed by atoms with E-state index in [-0.39, 0.29) is 5.91 Å². The molecular weight excluding hydrogens is 280 g/mol. The smallest absolute Gasteiger partial charge is 0.326 e. The van der Waals surface area contributed by atoms with Crippen LogP contribution < -0.4 is 0 Å². The Hall–Kier alpha value is -2.30. The number of piperidine rings is 1. The lowest BCUT2D eigenvalue weighted by Crippen LogP contribution is -2.48. The molecule has 1 amide bonds. The van der Waals surface area contributed by atoms with Gasteiger partial charge in [-0.15, -0.1) is 0 Å². The number of aromatic nitrogens is 1. The molecule has 5 nitrogen and oxygen atoms in total. The SMILES string of the molecule is O=C(O)C1CCCCN1C(=O)CCc1ccc2[nH]ccc2c1. The van der Waals surface area contributed by atoms with E-state index in [1.807, 2.05) is 24.4 Å². The molecule has 1 aromatic heterocycles. The van der Waals surface area contributed by atoms with Crippen molar-refractivity contribution in [2.24, 2.45) is 0 Å². The number of hydrogen-bond acceptors (Lipinski definition) is 2. The zero-order valence-corrected chi connectivity index (χ0v) is 12.4. The Morgan fingerprint density at radius 3 is 2.95 bits per heavy atom. The van der Waals surface area contributed by atoms with Crippen molar-refractivity contribution in [2.45, 2.75) is 38.1 Å². The molecule has 0 bridgehead atoms. The van der Waals surface area contributed by atoms with Gasteiger partial charge < -0.3 is 15.0 Å². The molecule has 0 radical (unpaired) electrons. The van der Waals surface area contributed by atoms with E-state index < -0.39 is 12.0 Å². The van der Waals surface area contributed by atoms with E-state index in [2.05, 4.69) is 11.1 Å². The molecule has 1 saturated heterocycles. The van der Waals surface area contributed by atoms with Crippen LogP contribution in [0.2, 0.25) is 0 Å². The summed E-state index contributed by atoms with van der Waals surface area (Å²) in [6.07, 6.45) is 5.24. The standard InChI is InChI=1S/C17H20N2O3/c20-16(19-10-2-1-3-15(19)17(21)22)7-5-12-4-6-14-13(11-12)8-9-18-14/h4,6,8-9,11,15,18H,1-3,5,7,10H2,(H,21,22). The molecule has 0 spiro atoms. The van der Waals surface area contributed by atoms with Crippen molar-refractivity contribution in [1.29, 1.82) is 0 Å². The number of amides is 1. The molecule has 5 heteroatoms.